The van der Waals surface area contributed by atoms with Gasteiger partial charge >= 0.3 is 0 Å². The molecule has 2 aliphatic rings. The van der Waals surface area contributed by atoms with E-state index in [1.54, 1.807) is 11.0 Å². The fraction of sp³-hybridized carbons (Fsp3) is 0.391. The van der Waals surface area contributed by atoms with Crippen LogP contribution in [-0.2, 0) is 21.4 Å². The molecule has 0 saturated carbocycles. The first kappa shape index (κ1) is 19.9. The highest BCUT2D eigenvalue weighted by molar-refractivity contribution is 6.30. The molecule has 0 N–H and O–H groups in total. The smallest absolute Gasteiger partial charge is 0.237 e. The van der Waals surface area contributed by atoms with Gasteiger partial charge in [0.1, 0.15) is 5.82 Å². The van der Waals surface area contributed by atoms with Gasteiger partial charge in [0, 0.05) is 23.8 Å². The summed E-state index contributed by atoms with van der Waals surface area (Å²) in [6.07, 6.45) is 1.78. The van der Waals surface area contributed by atoms with Crippen molar-refractivity contribution in [1.82, 2.24) is 4.90 Å². The average Bonchev–Trinajstić information content (AvgIpc) is 2.87. The van der Waals surface area contributed by atoms with Gasteiger partial charge in [0.25, 0.3) is 0 Å². The quantitative estimate of drug-likeness (QED) is 0.749. The van der Waals surface area contributed by atoms with Gasteiger partial charge in [-0.15, -0.1) is 0 Å². The number of anilines is 1. The second kappa shape index (κ2) is 7.45. The summed E-state index contributed by atoms with van der Waals surface area (Å²) in [5.74, 6) is -0.441. The lowest BCUT2D eigenvalue weighted by Gasteiger charge is -2.38. The molecular formula is C23H24ClFN2O2. The van der Waals surface area contributed by atoms with E-state index in [4.69, 9.17) is 11.6 Å². The molecule has 2 aromatic rings. The number of carbonyl (C=O) groups is 2. The van der Waals surface area contributed by atoms with Crippen molar-refractivity contribution in [2.45, 2.75) is 44.6 Å². The number of para-hydroxylation sites is 1. The van der Waals surface area contributed by atoms with Crippen LogP contribution >= 0.6 is 11.6 Å². The predicted octanol–water partition coefficient (Wildman–Crippen LogP) is 4.34. The van der Waals surface area contributed by atoms with Gasteiger partial charge < -0.3 is 9.80 Å². The van der Waals surface area contributed by atoms with Crippen LogP contribution < -0.4 is 4.90 Å². The van der Waals surface area contributed by atoms with Crippen molar-refractivity contribution in [1.29, 1.82) is 0 Å². The molecule has 4 rings (SSSR count). The maximum absolute atomic E-state index is 13.6. The molecule has 0 radical (unpaired) electrons. The summed E-state index contributed by atoms with van der Waals surface area (Å²) in [4.78, 5) is 29.7. The molecule has 1 fully saturated rings. The van der Waals surface area contributed by atoms with Crippen LogP contribution in [-0.4, -0.2) is 35.8 Å². The number of carbonyl (C=O) groups excluding carboxylic acids is 2. The first-order valence-electron chi connectivity index (χ1n) is 9.93. The van der Waals surface area contributed by atoms with E-state index in [0.29, 0.717) is 18.7 Å². The Morgan fingerprint density at radius 2 is 2.00 bits per heavy atom. The number of nitrogens with zero attached hydrogens (tertiary/aromatic N) is 2. The summed E-state index contributed by atoms with van der Waals surface area (Å²) in [6.45, 7) is 5.03. The Kier molecular flexibility index (Phi) is 5.11. The summed E-state index contributed by atoms with van der Waals surface area (Å²) in [5.41, 5.74) is 1.97. The molecule has 0 aliphatic carbocycles. The molecule has 1 saturated heterocycles. The van der Waals surface area contributed by atoms with E-state index in [2.05, 4.69) is 0 Å². The van der Waals surface area contributed by atoms with Crippen LogP contribution in [0.15, 0.2) is 42.5 Å². The zero-order valence-electron chi connectivity index (χ0n) is 16.6. The first-order valence-corrected chi connectivity index (χ1v) is 10.3. The van der Waals surface area contributed by atoms with Crippen molar-refractivity contribution < 1.29 is 14.0 Å². The normalized spacial score (nSPS) is 20.7. The highest BCUT2D eigenvalue weighted by atomic mass is 35.5. The minimum atomic E-state index is -0.568. The molecule has 0 bridgehead atoms. The standard InChI is InChI=1S/C23H24ClFN2O2/c1-23(2)19-7-3-4-8-20(19)27(22(23)29)18-6-5-9-26(14-18)21(28)12-15-10-16(24)13-17(25)11-15/h3-4,7-8,10-11,13,18H,5-6,9,12,14H2,1-2H3/t18-/m0/s1. The van der Waals surface area contributed by atoms with Crippen molar-refractivity contribution in [2.24, 2.45) is 0 Å². The molecule has 6 heteroatoms. The van der Waals surface area contributed by atoms with E-state index in [1.165, 1.54) is 12.1 Å². The third kappa shape index (κ3) is 3.64. The maximum Gasteiger partial charge on any atom is 0.237 e. The van der Waals surface area contributed by atoms with Crippen LogP contribution in [0.3, 0.4) is 0 Å². The minimum absolute atomic E-state index is 0.0563. The van der Waals surface area contributed by atoms with E-state index < -0.39 is 11.2 Å². The number of hydrogen-bond acceptors (Lipinski definition) is 2. The van der Waals surface area contributed by atoms with Gasteiger partial charge in [-0.05, 0) is 62.1 Å². The van der Waals surface area contributed by atoms with E-state index in [1.807, 2.05) is 43.0 Å². The Morgan fingerprint density at radius 1 is 1.24 bits per heavy atom. The third-order valence-electron chi connectivity index (χ3n) is 5.98. The van der Waals surface area contributed by atoms with E-state index in [0.717, 1.165) is 24.1 Å². The summed E-state index contributed by atoms with van der Waals surface area (Å²) in [7, 11) is 0. The van der Waals surface area contributed by atoms with Gasteiger partial charge in [-0.3, -0.25) is 9.59 Å². The molecule has 0 unspecified atom stereocenters. The van der Waals surface area contributed by atoms with Crippen molar-refractivity contribution in [3.8, 4) is 0 Å². The Balaban J connectivity index is 1.53. The fourth-order valence-corrected chi connectivity index (χ4v) is 4.74. The number of likely N-dealkylation sites (tertiary alicyclic amines) is 1. The minimum Gasteiger partial charge on any atom is -0.340 e. The third-order valence-corrected chi connectivity index (χ3v) is 6.20. The molecule has 1 atom stereocenters. The zero-order valence-corrected chi connectivity index (χ0v) is 17.4. The average molecular weight is 415 g/mol. The van der Waals surface area contributed by atoms with Crippen LogP contribution in [0, 0.1) is 5.82 Å². The maximum atomic E-state index is 13.6. The van der Waals surface area contributed by atoms with Crippen molar-refractivity contribution in [3.63, 3.8) is 0 Å². The number of hydrogen-bond donors (Lipinski definition) is 0. The van der Waals surface area contributed by atoms with Crippen LogP contribution in [0.4, 0.5) is 10.1 Å². The number of halogens is 2. The number of amides is 2. The second-order valence-electron chi connectivity index (χ2n) is 8.41. The Morgan fingerprint density at radius 3 is 2.76 bits per heavy atom. The van der Waals surface area contributed by atoms with Crippen LogP contribution in [0.25, 0.3) is 0 Å². The second-order valence-corrected chi connectivity index (χ2v) is 8.84. The van der Waals surface area contributed by atoms with Gasteiger partial charge in [-0.25, -0.2) is 4.39 Å². The molecular weight excluding hydrogens is 391 g/mol. The van der Waals surface area contributed by atoms with Crippen molar-refractivity contribution in [2.75, 3.05) is 18.0 Å². The lowest BCUT2D eigenvalue weighted by atomic mass is 9.86. The number of piperidine rings is 1. The van der Waals surface area contributed by atoms with Crippen molar-refractivity contribution in [3.05, 3.63) is 64.4 Å². The van der Waals surface area contributed by atoms with E-state index in [-0.39, 0.29) is 29.3 Å². The summed E-state index contributed by atoms with van der Waals surface area (Å²) in [6, 6.07) is 12.0. The molecule has 4 nitrogen and oxygen atoms in total. The summed E-state index contributed by atoms with van der Waals surface area (Å²) >= 11 is 5.91. The van der Waals surface area contributed by atoms with Gasteiger partial charge in [0.15, 0.2) is 0 Å². The largest absolute Gasteiger partial charge is 0.340 e. The van der Waals surface area contributed by atoms with Gasteiger partial charge in [0.2, 0.25) is 11.8 Å². The number of fused-ring (bicyclic) bond motifs is 1. The highest BCUT2D eigenvalue weighted by Crippen LogP contribution is 2.43. The molecule has 2 heterocycles. The number of rotatable bonds is 3. The van der Waals surface area contributed by atoms with Crippen LogP contribution in [0.5, 0.6) is 0 Å². The Labute approximate surface area is 175 Å². The predicted molar refractivity (Wildman–Crippen MR) is 112 cm³/mol. The summed E-state index contributed by atoms with van der Waals surface area (Å²) in [5, 5.41) is 0.283. The molecule has 2 aliphatic heterocycles. The molecule has 0 spiro atoms. The molecule has 152 valence electrons. The van der Waals surface area contributed by atoms with E-state index in [9.17, 15) is 14.0 Å². The van der Waals surface area contributed by atoms with Gasteiger partial charge in [-0.2, -0.15) is 0 Å². The summed E-state index contributed by atoms with van der Waals surface area (Å²) < 4.78 is 13.6. The molecule has 0 aromatic heterocycles. The van der Waals surface area contributed by atoms with E-state index >= 15 is 0 Å². The van der Waals surface area contributed by atoms with Crippen LogP contribution in [0.2, 0.25) is 5.02 Å². The molecule has 29 heavy (non-hydrogen) atoms. The lowest BCUT2D eigenvalue weighted by molar-refractivity contribution is -0.132. The highest BCUT2D eigenvalue weighted by Gasteiger charge is 2.47. The fourth-order valence-electron chi connectivity index (χ4n) is 4.49. The SMILES string of the molecule is CC1(C)C(=O)N([C@H]2CCCN(C(=O)Cc3cc(F)cc(Cl)c3)C2)c2ccccc21. The Hall–Kier alpha value is -2.40. The van der Waals surface area contributed by atoms with Gasteiger partial charge in [0.05, 0.1) is 17.9 Å². The monoisotopic (exact) mass is 414 g/mol. The van der Waals surface area contributed by atoms with Crippen molar-refractivity contribution >= 4 is 29.1 Å². The topological polar surface area (TPSA) is 40.6 Å². The van der Waals surface area contributed by atoms with Crippen LogP contribution in [0.1, 0.15) is 37.8 Å². The lowest BCUT2D eigenvalue weighted by Crippen LogP contribution is -2.52. The molecule has 2 amide bonds. The first-order chi connectivity index (χ1) is 13.8. The Bertz CT molecular complexity index is 955. The van der Waals surface area contributed by atoms with Gasteiger partial charge in [-0.1, -0.05) is 29.8 Å². The number of benzene rings is 2. The molecule has 2 aromatic carbocycles. The zero-order chi connectivity index (χ0) is 20.8.